The second-order valence-corrected chi connectivity index (χ2v) is 7.13. The summed E-state index contributed by atoms with van der Waals surface area (Å²) in [5, 5.41) is 0. The fraction of sp³-hybridized carbons (Fsp3) is 0.615. The summed E-state index contributed by atoms with van der Waals surface area (Å²) in [5.41, 5.74) is 0.521. The van der Waals surface area contributed by atoms with Gasteiger partial charge < -0.3 is 4.74 Å². The summed E-state index contributed by atoms with van der Waals surface area (Å²) < 4.78 is 6.68. The Bertz CT molecular complexity index is 444. The average molecular weight is 322 g/mol. The van der Waals surface area contributed by atoms with Crippen LogP contribution in [0.5, 0.6) is 0 Å². The van der Waals surface area contributed by atoms with Gasteiger partial charge in [-0.2, -0.15) is 0 Å². The Labute approximate surface area is 127 Å². The Hall–Kier alpha value is -0.130. The smallest absolute Gasteiger partial charge is 0.179 e. The van der Waals surface area contributed by atoms with Gasteiger partial charge in [0.25, 0.3) is 0 Å². The van der Waals surface area contributed by atoms with Crippen molar-refractivity contribution in [3.63, 3.8) is 0 Å². The van der Waals surface area contributed by atoms with Crippen molar-refractivity contribution in [1.82, 2.24) is 4.90 Å². The number of nitrogens with zero attached hydrogens (tertiary/aromatic N) is 1. The molecule has 0 amide bonds. The molecular formula is C13H17Cl2NO2S. The van der Waals surface area contributed by atoms with Gasteiger partial charge >= 0.3 is 0 Å². The Balaban J connectivity index is 1.86. The van der Waals surface area contributed by atoms with Crippen molar-refractivity contribution in [3.8, 4) is 0 Å². The van der Waals surface area contributed by atoms with Crippen LogP contribution in [0.1, 0.15) is 29.6 Å². The number of halogens is 2. The number of likely N-dealkylation sites (N-methyl/N-ethyl adjacent to an activating group) is 1. The molecule has 1 aromatic heterocycles. The van der Waals surface area contributed by atoms with Gasteiger partial charge in [-0.25, -0.2) is 0 Å². The fourth-order valence-corrected chi connectivity index (χ4v) is 3.72. The summed E-state index contributed by atoms with van der Waals surface area (Å²) in [6, 6.07) is 1.64. The zero-order chi connectivity index (χ0) is 13.8. The molecule has 3 nitrogen and oxygen atoms in total. The number of hydrogen-bond donors (Lipinski definition) is 0. The van der Waals surface area contributed by atoms with E-state index < -0.39 is 0 Å². The van der Waals surface area contributed by atoms with E-state index in [9.17, 15) is 4.79 Å². The molecule has 0 saturated carbocycles. The number of hydrogen-bond acceptors (Lipinski definition) is 4. The lowest BCUT2D eigenvalue weighted by atomic mass is 10.1. The lowest BCUT2D eigenvalue weighted by Crippen LogP contribution is -2.36. The third-order valence-corrected chi connectivity index (χ3v) is 4.65. The van der Waals surface area contributed by atoms with Crippen molar-refractivity contribution >= 4 is 40.3 Å². The molecule has 0 spiro atoms. The number of thiophene rings is 1. The number of rotatable bonds is 5. The molecule has 1 saturated heterocycles. The van der Waals surface area contributed by atoms with E-state index in [2.05, 4.69) is 0 Å². The molecule has 0 aliphatic carbocycles. The van der Waals surface area contributed by atoms with Gasteiger partial charge in [-0.05, 0) is 32.4 Å². The van der Waals surface area contributed by atoms with Crippen LogP contribution in [0.2, 0.25) is 8.67 Å². The second-order valence-electron chi connectivity index (χ2n) is 4.85. The Kier molecular flexibility index (Phi) is 5.66. The molecule has 1 aliphatic rings. The minimum absolute atomic E-state index is 0.00598. The molecule has 0 N–H and O–H groups in total. The van der Waals surface area contributed by atoms with E-state index in [1.54, 1.807) is 6.07 Å². The average Bonchev–Trinajstić information content (AvgIpc) is 2.69. The van der Waals surface area contributed by atoms with Crippen molar-refractivity contribution < 1.29 is 9.53 Å². The first-order valence-corrected chi connectivity index (χ1v) is 7.91. The molecule has 6 heteroatoms. The first-order valence-electron chi connectivity index (χ1n) is 6.34. The lowest BCUT2D eigenvalue weighted by Gasteiger charge is -2.26. The molecule has 1 aliphatic heterocycles. The maximum atomic E-state index is 12.1. The number of Topliss-reactive ketones (excluding diaryl/α,β-unsaturated/α-hetero) is 1. The molecule has 0 radical (unpaired) electrons. The molecule has 1 fully saturated rings. The number of ether oxygens (including phenoxy) is 1. The topological polar surface area (TPSA) is 29.5 Å². The minimum Gasteiger partial charge on any atom is -0.377 e. The normalized spacial score (nSPS) is 19.9. The van der Waals surface area contributed by atoms with Crippen LogP contribution in [0.4, 0.5) is 0 Å². The van der Waals surface area contributed by atoms with E-state index in [0.29, 0.717) is 20.8 Å². The maximum Gasteiger partial charge on any atom is 0.179 e. The van der Waals surface area contributed by atoms with Crippen molar-refractivity contribution in [2.45, 2.75) is 25.4 Å². The highest BCUT2D eigenvalue weighted by Crippen LogP contribution is 2.31. The van der Waals surface area contributed by atoms with Crippen LogP contribution in [-0.4, -0.2) is 43.5 Å². The standard InChI is InChI=1S/C13H17Cl2NO2S/c1-16(7-9-4-2-3-5-18-9)8-11(17)10-6-12(14)19-13(10)15/h6,9H,2-5,7-8H2,1H3. The van der Waals surface area contributed by atoms with Gasteiger partial charge in [0.05, 0.1) is 22.5 Å². The van der Waals surface area contributed by atoms with E-state index in [1.807, 2.05) is 11.9 Å². The van der Waals surface area contributed by atoms with Gasteiger partial charge in [0, 0.05) is 13.2 Å². The third-order valence-electron chi connectivity index (χ3n) is 3.16. The highest BCUT2D eigenvalue weighted by Gasteiger charge is 2.19. The van der Waals surface area contributed by atoms with Gasteiger partial charge in [0.1, 0.15) is 4.34 Å². The SMILES string of the molecule is CN(CC(=O)c1cc(Cl)sc1Cl)CC1CCCCO1. The third kappa shape index (κ3) is 4.43. The summed E-state index contributed by atoms with van der Waals surface area (Å²) in [5.74, 6) is 0.00598. The van der Waals surface area contributed by atoms with Gasteiger partial charge in [0.2, 0.25) is 0 Å². The Morgan fingerprint density at radius 3 is 2.89 bits per heavy atom. The van der Waals surface area contributed by atoms with Crippen LogP contribution in [0.3, 0.4) is 0 Å². The van der Waals surface area contributed by atoms with E-state index in [0.717, 1.165) is 26.0 Å². The van der Waals surface area contributed by atoms with E-state index >= 15 is 0 Å². The van der Waals surface area contributed by atoms with Crippen molar-refractivity contribution in [2.75, 3.05) is 26.7 Å². The van der Waals surface area contributed by atoms with Crippen molar-refractivity contribution in [1.29, 1.82) is 0 Å². The number of carbonyl (C=O) groups is 1. The Morgan fingerprint density at radius 1 is 1.53 bits per heavy atom. The van der Waals surface area contributed by atoms with Crippen LogP contribution < -0.4 is 0 Å². The summed E-state index contributed by atoms with van der Waals surface area (Å²) in [6.07, 6.45) is 3.66. The van der Waals surface area contributed by atoms with Gasteiger partial charge in [0.15, 0.2) is 5.78 Å². The van der Waals surface area contributed by atoms with E-state index in [4.69, 9.17) is 27.9 Å². The molecule has 19 heavy (non-hydrogen) atoms. The summed E-state index contributed by atoms with van der Waals surface area (Å²) >= 11 is 13.1. The van der Waals surface area contributed by atoms with Crippen LogP contribution >= 0.6 is 34.5 Å². The molecule has 1 unspecified atom stereocenters. The van der Waals surface area contributed by atoms with Crippen molar-refractivity contribution in [2.24, 2.45) is 0 Å². The van der Waals surface area contributed by atoms with Crippen LogP contribution in [0.25, 0.3) is 0 Å². The first-order chi connectivity index (χ1) is 9.06. The number of carbonyl (C=O) groups excluding carboxylic acids is 1. The van der Waals surface area contributed by atoms with E-state index in [1.165, 1.54) is 17.8 Å². The molecule has 0 bridgehead atoms. The quantitative estimate of drug-likeness (QED) is 0.774. The predicted molar refractivity (Wildman–Crippen MR) is 79.8 cm³/mol. The Morgan fingerprint density at radius 2 is 2.32 bits per heavy atom. The summed E-state index contributed by atoms with van der Waals surface area (Å²) in [4.78, 5) is 14.1. The highest BCUT2D eigenvalue weighted by atomic mass is 35.5. The zero-order valence-electron chi connectivity index (χ0n) is 10.8. The zero-order valence-corrected chi connectivity index (χ0v) is 13.2. The summed E-state index contributed by atoms with van der Waals surface area (Å²) in [7, 11) is 1.93. The van der Waals surface area contributed by atoms with Gasteiger partial charge in [-0.1, -0.05) is 23.2 Å². The fourth-order valence-electron chi connectivity index (χ4n) is 2.22. The maximum absolute atomic E-state index is 12.1. The predicted octanol–water partition coefficient (Wildman–Crippen LogP) is 3.74. The van der Waals surface area contributed by atoms with Crippen molar-refractivity contribution in [3.05, 3.63) is 20.3 Å². The van der Waals surface area contributed by atoms with Crippen LogP contribution in [-0.2, 0) is 4.74 Å². The monoisotopic (exact) mass is 321 g/mol. The van der Waals surface area contributed by atoms with Crippen LogP contribution in [0, 0.1) is 0 Å². The summed E-state index contributed by atoms with van der Waals surface area (Å²) in [6.45, 7) is 1.95. The minimum atomic E-state index is 0.00598. The van der Waals surface area contributed by atoms with Gasteiger partial charge in [-0.15, -0.1) is 11.3 Å². The molecule has 2 heterocycles. The second kappa shape index (κ2) is 7.04. The molecule has 106 valence electrons. The molecule has 1 aromatic rings. The molecule has 0 aromatic carbocycles. The molecule has 2 rings (SSSR count). The lowest BCUT2D eigenvalue weighted by molar-refractivity contribution is -0.000666. The highest BCUT2D eigenvalue weighted by molar-refractivity contribution is 7.20. The number of ketones is 1. The molecular weight excluding hydrogens is 305 g/mol. The van der Waals surface area contributed by atoms with E-state index in [-0.39, 0.29) is 11.9 Å². The first kappa shape index (κ1) is 15.3. The van der Waals surface area contributed by atoms with Gasteiger partial charge in [-0.3, -0.25) is 9.69 Å². The largest absolute Gasteiger partial charge is 0.377 e. The molecule has 1 atom stereocenters. The van der Waals surface area contributed by atoms with Crippen LogP contribution in [0.15, 0.2) is 6.07 Å².